The van der Waals surface area contributed by atoms with Crippen LogP contribution in [0.15, 0.2) is 4.99 Å². The molecular weight excluding hydrogens is 192 g/mol. The molecule has 0 unspecified atom stereocenters. The molecule has 0 spiro atoms. The largest absolute Gasteiger partial charge is 0.383 e. The van der Waals surface area contributed by atoms with Crippen LogP contribution in [0, 0.1) is 0 Å². The van der Waals surface area contributed by atoms with Crippen molar-refractivity contribution in [2.24, 2.45) is 10.8 Å². The molecular formula is C10H24N4O. The Morgan fingerprint density at radius 2 is 2.07 bits per heavy atom. The zero-order valence-electron chi connectivity index (χ0n) is 10.3. The number of methoxy groups -OCH3 is 1. The molecule has 0 aromatic heterocycles. The third-order valence-electron chi connectivity index (χ3n) is 2.51. The van der Waals surface area contributed by atoms with E-state index in [1.165, 1.54) is 0 Å². The topological polar surface area (TPSA) is 62.9 Å². The van der Waals surface area contributed by atoms with Crippen LogP contribution in [0.2, 0.25) is 0 Å². The molecule has 0 fully saturated rings. The summed E-state index contributed by atoms with van der Waals surface area (Å²) in [5.74, 6) is 6.16. The minimum atomic E-state index is 0.474. The van der Waals surface area contributed by atoms with Crippen LogP contribution in [0.25, 0.3) is 0 Å². The number of hydrogen-bond donors (Lipinski definition) is 2. The van der Waals surface area contributed by atoms with Crippen molar-refractivity contribution < 1.29 is 4.74 Å². The Bertz CT molecular complexity index is 180. The van der Waals surface area contributed by atoms with E-state index in [0.29, 0.717) is 19.2 Å². The van der Waals surface area contributed by atoms with Crippen molar-refractivity contribution in [2.75, 3.05) is 27.3 Å². The Balaban J connectivity index is 4.30. The minimum Gasteiger partial charge on any atom is -0.383 e. The van der Waals surface area contributed by atoms with Crippen molar-refractivity contribution in [3.05, 3.63) is 0 Å². The van der Waals surface area contributed by atoms with Gasteiger partial charge in [0.05, 0.1) is 13.2 Å². The molecule has 5 heteroatoms. The van der Waals surface area contributed by atoms with Crippen molar-refractivity contribution >= 4 is 5.96 Å². The first-order valence-corrected chi connectivity index (χ1v) is 5.44. The Morgan fingerprint density at radius 1 is 1.47 bits per heavy atom. The lowest BCUT2D eigenvalue weighted by Gasteiger charge is -2.28. The van der Waals surface area contributed by atoms with Crippen molar-refractivity contribution in [1.82, 2.24) is 10.3 Å². The van der Waals surface area contributed by atoms with Crippen molar-refractivity contribution in [3.8, 4) is 0 Å². The number of nitrogens with one attached hydrogen (secondary N) is 1. The van der Waals surface area contributed by atoms with Crippen molar-refractivity contribution in [1.29, 1.82) is 0 Å². The van der Waals surface area contributed by atoms with Crippen LogP contribution >= 0.6 is 0 Å². The van der Waals surface area contributed by atoms with Crippen LogP contribution in [0.1, 0.15) is 26.7 Å². The molecule has 15 heavy (non-hydrogen) atoms. The van der Waals surface area contributed by atoms with E-state index in [1.807, 2.05) is 7.05 Å². The average molecular weight is 216 g/mol. The third kappa shape index (κ3) is 4.99. The highest BCUT2D eigenvalue weighted by atomic mass is 16.5. The molecule has 0 saturated heterocycles. The molecule has 0 aliphatic heterocycles. The number of aliphatic imine (C=N–C) groups is 1. The van der Waals surface area contributed by atoms with E-state index in [2.05, 4.69) is 29.2 Å². The maximum Gasteiger partial charge on any atom is 0.208 e. The number of nitrogens with zero attached hydrogens (tertiary/aromatic N) is 2. The van der Waals surface area contributed by atoms with Gasteiger partial charge in [-0.25, -0.2) is 10.8 Å². The molecule has 0 atom stereocenters. The Labute approximate surface area is 92.7 Å². The number of guanidine groups is 1. The van der Waals surface area contributed by atoms with Crippen LogP contribution < -0.4 is 11.3 Å². The summed E-state index contributed by atoms with van der Waals surface area (Å²) in [5, 5.41) is 0. The predicted molar refractivity (Wildman–Crippen MR) is 63.6 cm³/mol. The molecule has 0 aliphatic rings. The van der Waals surface area contributed by atoms with Gasteiger partial charge in [0.1, 0.15) is 0 Å². The highest BCUT2D eigenvalue weighted by Gasteiger charge is 2.13. The van der Waals surface area contributed by atoms with E-state index in [1.54, 1.807) is 7.11 Å². The van der Waals surface area contributed by atoms with Gasteiger partial charge in [0, 0.05) is 20.2 Å². The molecule has 0 aliphatic carbocycles. The molecule has 0 saturated carbocycles. The van der Waals surface area contributed by atoms with E-state index >= 15 is 0 Å². The summed E-state index contributed by atoms with van der Waals surface area (Å²) in [5.41, 5.74) is 2.63. The molecule has 5 nitrogen and oxygen atoms in total. The Morgan fingerprint density at radius 3 is 2.47 bits per heavy atom. The fourth-order valence-electron chi connectivity index (χ4n) is 1.51. The number of rotatable bonds is 6. The van der Waals surface area contributed by atoms with Crippen LogP contribution in [-0.4, -0.2) is 44.2 Å². The second-order valence-corrected chi connectivity index (χ2v) is 3.42. The van der Waals surface area contributed by atoms with Crippen LogP contribution in [0.5, 0.6) is 0 Å². The van der Waals surface area contributed by atoms with Crippen LogP contribution in [-0.2, 0) is 4.74 Å². The van der Waals surface area contributed by atoms with Gasteiger partial charge in [0.15, 0.2) is 0 Å². The summed E-state index contributed by atoms with van der Waals surface area (Å²) in [6.45, 7) is 5.56. The van der Waals surface area contributed by atoms with Crippen molar-refractivity contribution in [2.45, 2.75) is 32.7 Å². The van der Waals surface area contributed by atoms with Gasteiger partial charge in [-0.15, -0.1) is 0 Å². The molecule has 90 valence electrons. The van der Waals surface area contributed by atoms with E-state index in [0.717, 1.165) is 18.8 Å². The van der Waals surface area contributed by atoms with Crippen LogP contribution in [0.4, 0.5) is 0 Å². The summed E-state index contributed by atoms with van der Waals surface area (Å²) in [6, 6.07) is 0.474. The smallest absolute Gasteiger partial charge is 0.208 e. The number of nitrogens with two attached hydrogens (primary N) is 1. The van der Waals surface area contributed by atoms with Gasteiger partial charge in [-0.05, 0) is 12.8 Å². The third-order valence-corrected chi connectivity index (χ3v) is 2.51. The van der Waals surface area contributed by atoms with E-state index in [4.69, 9.17) is 10.6 Å². The fourth-order valence-corrected chi connectivity index (χ4v) is 1.51. The predicted octanol–water partition coefficient (Wildman–Crippen LogP) is 0.573. The zero-order valence-corrected chi connectivity index (χ0v) is 10.3. The van der Waals surface area contributed by atoms with Gasteiger partial charge in [0.2, 0.25) is 5.96 Å². The zero-order chi connectivity index (χ0) is 11.7. The highest BCUT2D eigenvalue weighted by Crippen LogP contribution is 2.05. The van der Waals surface area contributed by atoms with Gasteiger partial charge in [-0.2, -0.15) is 0 Å². The molecule has 0 bridgehead atoms. The lowest BCUT2D eigenvalue weighted by molar-refractivity contribution is 0.207. The summed E-state index contributed by atoms with van der Waals surface area (Å²) in [6.07, 6.45) is 2.16. The average Bonchev–Trinajstić information content (AvgIpc) is 2.26. The number of hydrazine groups is 1. The second-order valence-electron chi connectivity index (χ2n) is 3.42. The standard InChI is InChI=1S/C10H24N4O/c1-5-9(6-2)14(3)10(13-11)12-7-8-15-4/h9H,5-8,11H2,1-4H3,(H,12,13). The van der Waals surface area contributed by atoms with Crippen molar-refractivity contribution in [3.63, 3.8) is 0 Å². The van der Waals surface area contributed by atoms with Gasteiger partial charge in [-0.1, -0.05) is 13.8 Å². The Hall–Kier alpha value is -0.810. The maximum absolute atomic E-state index is 5.44. The highest BCUT2D eigenvalue weighted by molar-refractivity contribution is 5.79. The second kappa shape index (κ2) is 8.49. The van der Waals surface area contributed by atoms with Gasteiger partial charge >= 0.3 is 0 Å². The fraction of sp³-hybridized carbons (Fsp3) is 0.900. The van der Waals surface area contributed by atoms with Gasteiger partial charge < -0.3 is 9.64 Å². The number of hydrogen-bond acceptors (Lipinski definition) is 3. The molecule has 0 aromatic carbocycles. The summed E-state index contributed by atoms with van der Waals surface area (Å²) >= 11 is 0. The molecule has 0 amide bonds. The van der Waals surface area contributed by atoms with Crippen LogP contribution in [0.3, 0.4) is 0 Å². The summed E-state index contributed by atoms with van der Waals surface area (Å²) in [7, 11) is 3.67. The first kappa shape index (κ1) is 14.2. The molecule has 3 N–H and O–H groups in total. The first-order chi connectivity index (χ1) is 7.21. The van der Waals surface area contributed by atoms with Gasteiger partial charge in [-0.3, -0.25) is 5.43 Å². The monoisotopic (exact) mass is 216 g/mol. The minimum absolute atomic E-state index is 0.474. The lowest BCUT2D eigenvalue weighted by Crippen LogP contribution is -2.47. The molecule has 0 aromatic rings. The van der Waals surface area contributed by atoms with Gasteiger partial charge in [0.25, 0.3) is 0 Å². The van der Waals surface area contributed by atoms with E-state index in [-0.39, 0.29) is 0 Å². The first-order valence-electron chi connectivity index (χ1n) is 5.44. The molecule has 0 heterocycles. The summed E-state index contributed by atoms with van der Waals surface area (Å²) < 4.78 is 4.94. The van der Waals surface area contributed by atoms with E-state index < -0.39 is 0 Å². The SMILES string of the molecule is CCC(CC)N(C)C(=NCCOC)NN. The normalized spacial score (nSPS) is 12.0. The lowest BCUT2D eigenvalue weighted by atomic mass is 10.1. The maximum atomic E-state index is 5.44. The quantitative estimate of drug-likeness (QED) is 0.224. The van der Waals surface area contributed by atoms with E-state index in [9.17, 15) is 0 Å². The molecule has 0 radical (unpaired) electrons. The number of ether oxygens (including phenoxy) is 1. The summed E-state index contributed by atoms with van der Waals surface area (Å²) in [4.78, 5) is 6.41. The Kier molecular flexibility index (Phi) is 8.04. The molecule has 0 rings (SSSR count).